The molecule has 0 bridgehead atoms. The van der Waals surface area contributed by atoms with Crippen LogP contribution in [0.25, 0.3) is 11.0 Å². The second-order valence-corrected chi connectivity index (χ2v) is 6.17. The summed E-state index contributed by atoms with van der Waals surface area (Å²) >= 11 is 5.82. The van der Waals surface area contributed by atoms with E-state index in [1.807, 2.05) is 18.2 Å². The van der Waals surface area contributed by atoms with Gasteiger partial charge in [0.2, 0.25) is 0 Å². The predicted molar refractivity (Wildman–Crippen MR) is 95.6 cm³/mol. The lowest BCUT2D eigenvalue weighted by molar-refractivity contribution is 0.0954. The Kier molecular flexibility index (Phi) is 4.44. The Morgan fingerprint density at radius 3 is 2.42 bits per heavy atom. The maximum absolute atomic E-state index is 12.1. The van der Waals surface area contributed by atoms with E-state index in [-0.39, 0.29) is 11.6 Å². The van der Waals surface area contributed by atoms with Gasteiger partial charge in [0.25, 0.3) is 5.91 Å². The van der Waals surface area contributed by atoms with Crippen LogP contribution in [-0.4, -0.2) is 21.6 Å². The van der Waals surface area contributed by atoms with Crippen LogP contribution < -0.4 is 11.0 Å². The largest absolute Gasteiger partial charge is 0.352 e. The normalized spacial score (nSPS) is 11.0. The number of hydrogen-bond donors (Lipinski definition) is 1. The quantitative estimate of drug-likeness (QED) is 0.791. The van der Waals surface area contributed by atoms with Crippen LogP contribution >= 0.6 is 11.6 Å². The monoisotopic (exact) mass is 343 g/mol. The third-order valence-corrected chi connectivity index (χ3v) is 4.39. The van der Waals surface area contributed by atoms with Gasteiger partial charge in [0.15, 0.2) is 0 Å². The Balaban J connectivity index is 1.67. The van der Waals surface area contributed by atoms with E-state index in [4.69, 9.17) is 11.6 Å². The predicted octanol–water partition coefficient (Wildman–Crippen LogP) is 2.50. The zero-order chi connectivity index (χ0) is 17.3. The van der Waals surface area contributed by atoms with E-state index < -0.39 is 0 Å². The van der Waals surface area contributed by atoms with Crippen LogP contribution in [-0.2, 0) is 20.5 Å². The number of amides is 1. The second-order valence-electron chi connectivity index (χ2n) is 5.74. The number of carbonyl (C=O) groups is 1. The van der Waals surface area contributed by atoms with Gasteiger partial charge in [-0.1, -0.05) is 17.7 Å². The minimum absolute atomic E-state index is 0.0433. The number of halogens is 1. The van der Waals surface area contributed by atoms with Crippen LogP contribution in [0, 0.1) is 0 Å². The highest BCUT2D eigenvalue weighted by molar-refractivity contribution is 6.30. The van der Waals surface area contributed by atoms with Gasteiger partial charge in [-0.15, -0.1) is 0 Å². The number of nitrogens with zero attached hydrogens (tertiary/aromatic N) is 2. The van der Waals surface area contributed by atoms with E-state index >= 15 is 0 Å². The lowest BCUT2D eigenvalue weighted by Gasteiger charge is -2.06. The molecule has 1 amide bonds. The fourth-order valence-electron chi connectivity index (χ4n) is 2.73. The highest BCUT2D eigenvalue weighted by Gasteiger charge is 2.09. The average Bonchev–Trinajstić information content (AvgIpc) is 2.80. The highest BCUT2D eigenvalue weighted by atomic mass is 35.5. The molecule has 0 saturated heterocycles. The topological polar surface area (TPSA) is 56.0 Å². The molecule has 5 nitrogen and oxygen atoms in total. The van der Waals surface area contributed by atoms with Crippen molar-refractivity contribution in [2.24, 2.45) is 14.1 Å². The molecule has 6 heteroatoms. The molecule has 0 aliphatic rings. The number of aryl methyl sites for hydroxylation is 2. The van der Waals surface area contributed by atoms with Gasteiger partial charge in [-0.2, -0.15) is 0 Å². The fraction of sp³-hybridized carbons (Fsp3) is 0.222. The zero-order valence-corrected chi connectivity index (χ0v) is 14.3. The molecule has 0 atom stereocenters. The van der Waals surface area contributed by atoms with Gasteiger partial charge in [-0.05, 0) is 48.4 Å². The Bertz CT molecular complexity index is 955. The smallest absolute Gasteiger partial charge is 0.328 e. The summed E-state index contributed by atoms with van der Waals surface area (Å²) in [4.78, 5) is 24.0. The number of fused-ring (bicyclic) bond motifs is 1. The summed E-state index contributed by atoms with van der Waals surface area (Å²) in [6.07, 6.45) is 0.693. The minimum atomic E-state index is -0.125. The summed E-state index contributed by atoms with van der Waals surface area (Å²) in [5, 5.41) is 3.50. The maximum Gasteiger partial charge on any atom is 0.328 e. The second kappa shape index (κ2) is 6.53. The molecule has 124 valence electrons. The molecule has 24 heavy (non-hydrogen) atoms. The maximum atomic E-state index is 12.1. The van der Waals surface area contributed by atoms with Crippen LogP contribution in [0.2, 0.25) is 5.02 Å². The van der Waals surface area contributed by atoms with Crippen molar-refractivity contribution < 1.29 is 4.79 Å². The van der Waals surface area contributed by atoms with Crippen molar-refractivity contribution in [3.63, 3.8) is 0 Å². The lowest BCUT2D eigenvalue weighted by Crippen LogP contribution is -2.25. The summed E-state index contributed by atoms with van der Waals surface area (Å²) in [7, 11) is 3.52. The van der Waals surface area contributed by atoms with E-state index in [1.165, 1.54) is 0 Å². The average molecular weight is 344 g/mol. The highest BCUT2D eigenvalue weighted by Crippen LogP contribution is 2.14. The molecule has 0 aliphatic carbocycles. The van der Waals surface area contributed by atoms with Gasteiger partial charge in [-0.3, -0.25) is 13.9 Å². The molecular formula is C18H18ClN3O2. The first-order valence-corrected chi connectivity index (χ1v) is 8.03. The van der Waals surface area contributed by atoms with E-state index in [0.717, 1.165) is 16.6 Å². The van der Waals surface area contributed by atoms with Crippen LogP contribution in [0.4, 0.5) is 0 Å². The van der Waals surface area contributed by atoms with Gasteiger partial charge in [0, 0.05) is 31.2 Å². The van der Waals surface area contributed by atoms with Gasteiger partial charge >= 0.3 is 5.69 Å². The third-order valence-electron chi connectivity index (χ3n) is 4.14. The standard InChI is InChI=1S/C18H18ClN3O2/c1-21-15-8-3-12(11-16(15)22(2)18(21)24)9-10-20-17(23)13-4-6-14(19)7-5-13/h3-8,11H,9-10H2,1-2H3,(H,20,23). The molecule has 1 aromatic heterocycles. The summed E-state index contributed by atoms with van der Waals surface area (Å²) in [5.74, 6) is -0.125. The Labute approximate surface area is 144 Å². The Morgan fingerprint density at radius 1 is 1.04 bits per heavy atom. The number of benzene rings is 2. The molecule has 0 spiro atoms. The molecule has 1 heterocycles. The molecule has 0 unspecified atom stereocenters. The van der Waals surface area contributed by atoms with Crippen LogP contribution in [0.5, 0.6) is 0 Å². The summed E-state index contributed by atoms with van der Waals surface area (Å²) in [6.45, 7) is 0.522. The van der Waals surface area contributed by atoms with Crippen LogP contribution in [0.1, 0.15) is 15.9 Å². The van der Waals surface area contributed by atoms with Crippen molar-refractivity contribution in [2.75, 3.05) is 6.54 Å². The molecule has 3 rings (SSSR count). The van der Waals surface area contributed by atoms with Gasteiger partial charge in [0.1, 0.15) is 0 Å². The van der Waals surface area contributed by atoms with Crippen molar-refractivity contribution in [3.8, 4) is 0 Å². The summed E-state index contributed by atoms with van der Waals surface area (Å²) in [6, 6.07) is 12.7. The molecule has 0 saturated carbocycles. The Morgan fingerprint density at radius 2 is 1.71 bits per heavy atom. The zero-order valence-electron chi connectivity index (χ0n) is 13.5. The van der Waals surface area contributed by atoms with Crippen molar-refractivity contribution in [2.45, 2.75) is 6.42 Å². The van der Waals surface area contributed by atoms with Crippen LogP contribution in [0.15, 0.2) is 47.3 Å². The number of imidazole rings is 1. The summed E-state index contributed by atoms with van der Waals surface area (Å²) < 4.78 is 3.26. The Hall–Kier alpha value is -2.53. The molecule has 0 radical (unpaired) electrons. The summed E-state index contributed by atoms with van der Waals surface area (Å²) in [5.41, 5.74) is 3.40. The lowest BCUT2D eigenvalue weighted by atomic mass is 10.1. The van der Waals surface area contributed by atoms with Crippen molar-refractivity contribution in [3.05, 3.63) is 69.1 Å². The van der Waals surface area contributed by atoms with E-state index in [9.17, 15) is 9.59 Å². The van der Waals surface area contributed by atoms with Crippen molar-refractivity contribution in [1.29, 1.82) is 0 Å². The number of rotatable bonds is 4. The molecule has 1 N–H and O–H groups in total. The van der Waals surface area contributed by atoms with Gasteiger partial charge < -0.3 is 5.32 Å². The van der Waals surface area contributed by atoms with E-state index in [0.29, 0.717) is 23.6 Å². The van der Waals surface area contributed by atoms with E-state index in [1.54, 1.807) is 47.5 Å². The molecular weight excluding hydrogens is 326 g/mol. The van der Waals surface area contributed by atoms with E-state index in [2.05, 4.69) is 5.32 Å². The number of carbonyl (C=O) groups excluding carboxylic acids is 1. The van der Waals surface area contributed by atoms with Crippen LogP contribution in [0.3, 0.4) is 0 Å². The number of hydrogen-bond acceptors (Lipinski definition) is 2. The SMILES string of the molecule is Cn1c(=O)n(C)c2cc(CCNC(=O)c3ccc(Cl)cc3)ccc21. The molecule has 2 aromatic carbocycles. The molecule has 0 fully saturated rings. The van der Waals surface area contributed by atoms with Gasteiger partial charge in [0.05, 0.1) is 11.0 Å². The first-order valence-electron chi connectivity index (χ1n) is 7.65. The van der Waals surface area contributed by atoms with Crippen molar-refractivity contribution in [1.82, 2.24) is 14.5 Å². The molecule has 0 aliphatic heterocycles. The minimum Gasteiger partial charge on any atom is -0.352 e. The number of aromatic nitrogens is 2. The van der Waals surface area contributed by atoms with Gasteiger partial charge in [-0.25, -0.2) is 4.79 Å². The fourth-order valence-corrected chi connectivity index (χ4v) is 2.86. The third kappa shape index (κ3) is 3.08. The molecule has 3 aromatic rings. The van der Waals surface area contributed by atoms with Crippen molar-refractivity contribution >= 4 is 28.5 Å². The first-order chi connectivity index (χ1) is 11.5. The first kappa shape index (κ1) is 16.3. The number of nitrogens with one attached hydrogen (secondary N) is 1.